The first-order valence-corrected chi connectivity index (χ1v) is 8.63. The highest BCUT2D eigenvalue weighted by Gasteiger charge is 2.21. The van der Waals surface area contributed by atoms with Crippen LogP contribution in [0.25, 0.3) is 10.9 Å². The SMILES string of the molecule is O=C(Cn1ccc2ccc(F)cc21)N1CCN(c2ccc(F)cc2)CC1. The predicted molar refractivity (Wildman–Crippen MR) is 97.1 cm³/mol. The first-order valence-electron chi connectivity index (χ1n) is 8.63. The standard InChI is InChI=1S/C20H19F2N3O/c21-16-3-5-18(6-4-16)23-9-11-24(12-10-23)20(26)14-25-8-7-15-1-2-17(22)13-19(15)25/h1-8,13H,9-12,14H2. The number of nitrogens with zero attached hydrogens (tertiary/aromatic N) is 3. The molecule has 1 aliphatic heterocycles. The van der Waals surface area contributed by atoms with Gasteiger partial charge in [-0.3, -0.25) is 4.79 Å². The lowest BCUT2D eigenvalue weighted by Crippen LogP contribution is -2.49. The molecule has 4 nitrogen and oxygen atoms in total. The molecule has 0 unspecified atom stereocenters. The third kappa shape index (κ3) is 3.27. The van der Waals surface area contributed by atoms with E-state index in [1.807, 2.05) is 17.2 Å². The van der Waals surface area contributed by atoms with E-state index in [4.69, 9.17) is 0 Å². The van der Waals surface area contributed by atoms with Crippen molar-refractivity contribution >= 4 is 22.5 Å². The van der Waals surface area contributed by atoms with Crippen molar-refractivity contribution in [3.63, 3.8) is 0 Å². The Morgan fingerprint density at radius 1 is 0.885 bits per heavy atom. The molecule has 1 saturated heterocycles. The Hall–Kier alpha value is -2.89. The average Bonchev–Trinajstić information content (AvgIpc) is 3.04. The molecule has 1 fully saturated rings. The van der Waals surface area contributed by atoms with Crippen molar-refractivity contribution in [3.8, 4) is 0 Å². The van der Waals surface area contributed by atoms with Gasteiger partial charge in [0.1, 0.15) is 18.2 Å². The monoisotopic (exact) mass is 355 g/mol. The maximum Gasteiger partial charge on any atom is 0.242 e. The smallest absolute Gasteiger partial charge is 0.242 e. The Balaban J connectivity index is 1.40. The van der Waals surface area contributed by atoms with Gasteiger partial charge in [-0.2, -0.15) is 0 Å². The number of amides is 1. The number of halogens is 2. The Morgan fingerprint density at radius 2 is 1.58 bits per heavy atom. The lowest BCUT2D eigenvalue weighted by Gasteiger charge is -2.36. The number of hydrogen-bond donors (Lipinski definition) is 0. The van der Waals surface area contributed by atoms with E-state index in [1.54, 1.807) is 22.8 Å². The zero-order valence-electron chi connectivity index (χ0n) is 14.2. The van der Waals surface area contributed by atoms with Crippen LogP contribution in [-0.2, 0) is 11.3 Å². The van der Waals surface area contributed by atoms with Crippen LogP contribution in [0.4, 0.5) is 14.5 Å². The number of aromatic nitrogens is 1. The molecule has 0 radical (unpaired) electrons. The quantitative estimate of drug-likeness (QED) is 0.721. The summed E-state index contributed by atoms with van der Waals surface area (Å²) in [6.07, 6.45) is 1.82. The van der Waals surface area contributed by atoms with Gasteiger partial charge in [0.2, 0.25) is 5.91 Å². The highest BCUT2D eigenvalue weighted by molar-refractivity contribution is 5.83. The number of hydrogen-bond acceptors (Lipinski definition) is 2. The Morgan fingerprint density at radius 3 is 2.31 bits per heavy atom. The third-order valence-corrected chi connectivity index (χ3v) is 4.87. The summed E-state index contributed by atoms with van der Waals surface area (Å²) in [5.41, 5.74) is 1.69. The lowest BCUT2D eigenvalue weighted by atomic mass is 10.2. The Labute approximate surface area is 150 Å². The number of piperazine rings is 1. The van der Waals surface area contributed by atoms with Crippen molar-refractivity contribution in [2.24, 2.45) is 0 Å². The number of rotatable bonds is 3. The van der Waals surface area contributed by atoms with Crippen LogP contribution in [0.3, 0.4) is 0 Å². The normalized spacial score (nSPS) is 14.8. The Bertz CT molecular complexity index is 928. The molecular weight excluding hydrogens is 336 g/mol. The van der Waals surface area contributed by atoms with Crippen molar-refractivity contribution in [2.75, 3.05) is 31.1 Å². The summed E-state index contributed by atoms with van der Waals surface area (Å²) in [6, 6.07) is 12.9. The summed E-state index contributed by atoms with van der Waals surface area (Å²) in [6.45, 7) is 2.84. The highest BCUT2D eigenvalue weighted by Crippen LogP contribution is 2.19. The van der Waals surface area contributed by atoms with Gasteiger partial charge in [0.05, 0.1) is 5.52 Å². The summed E-state index contributed by atoms with van der Waals surface area (Å²) in [7, 11) is 0. The molecule has 0 bridgehead atoms. The predicted octanol–water partition coefficient (Wildman–Crippen LogP) is 3.27. The van der Waals surface area contributed by atoms with E-state index in [-0.39, 0.29) is 24.1 Å². The van der Waals surface area contributed by atoms with Gasteiger partial charge >= 0.3 is 0 Å². The topological polar surface area (TPSA) is 28.5 Å². The van der Waals surface area contributed by atoms with Gasteiger partial charge in [-0.05, 0) is 53.9 Å². The molecule has 6 heteroatoms. The van der Waals surface area contributed by atoms with Crippen LogP contribution in [-0.4, -0.2) is 41.6 Å². The van der Waals surface area contributed by atoms with E-state index >= 15 is 0 Å². The minimum atomic E-state index is -0.308. The van der Waals surface area contributed by atoms with E-state index in [0.717, 1.165) is 16.6 Å². The van der Waals surface area contributed by atoms with Gasteiger partial charge in [-0.25, -0.2) is 8.78 Å². The second kappa shape index (κ2) is 6.78. The van der Waals surface area contributed by atoms with Crippen LogP contribution < -0.4 is 4.90 Å². The van der Waals surface area contributed by atoms with Gasteiger partial charge in [0.25, 0.3) is 0 Å². The van der Waals surface area contributed by atoms with Crippen LogP contribution in [0.15, 0.2) is 54.7 Å². The molecule has 0 atom stereocenters. The van der Waals surface area contributed by atoms with Gasteiger partial charge in [-0.1, -0.05) is 0 Å². The van der Waals surface area contributed by atoms with E-state index in [9.17, 15) is 13.6 Å². The van der Waals surface area contributed by atoms with Gasteiger partial charge in [0.15, 0.2) is 0 Å². The fraction of sp³-hybridized carbons (Fsp3) is 0.250. The average molecular weight is 355 g/mol. The fourth-order valence-electron chi connectivity index (χ4n) is 3.41. The van der Waals surface area contributed by atoms with Gasteiger partial charge in [-0.15, -0.1) is 0 Å². The van der Waals surface area contributed by atoms with Crippen LogP contribution in [0.2, 0.25) is 0 Å². The summed E-state index contributed by atoms with van der Waals surface area (Å²) < 4.78 is 28.3. The summed E-state index contributed by atoms with van der Waals surface area (Å²) in [4.78, 5) is 16.6. The van der Waals surface area contributed by atoms with E-state index in [1.165, 1.54) is 24.3 Å². The van der Waals surface area contributed by atoms with Gasteiger partial charge in [0, 0.05) is 38.1 Å². The van der Waals surface area contributed by atoms with Crippen molar-refractivity contribution in [3.05, 3.63) is 66.4 Å². The second-order valence-electron chi connectivity index (χ2n) is 6.49. The second-order valence-corrected chi connectivity index (χ2v) is 6.49. The first-order chi connectivity index (χ1) is 12.6. The van der Waals surface area contributed by atoms with Crippen LogP contribution in [0.1, 0.15) is 0 Å². The zero-order valence-corrected chi connectivity index (χ0v) is 14.2. The molecule has 134 valence electrons. The molecule has 0 spiro atoms. The highest BCUT2D eigenvalue weighted by atomic mass is 19.1. The molecule has 2 heterocycles. The Kier molecular flexibility index (Phi) is 4.32. The van der Waals surface area contributed by atoms with Crippen LogP contribution in [0, 0.1) is 11.6 Å². The van der Waals surface area contributed by atoms with Crippen molar-refractivity contribution in [1.29, 1.82) is 0 Å². The van der Waals surface area contributed by atoms with Crippen molar-refractivity contribution in [1.82, 2.24) is 9.47 Å². The van der Waals surface area contributed by atoms with E-state index in [2.05, 4.69) is 4.90 Å². The number of benzene rings is 2. The molecule has 1 aliphatic rings. The molecule has 0 N–H and O–H groups in total. The molecule has 4 rings (SSSR count). The number of carbonyl (C=O) groups excluding carboxylic acids is 1. The van der Waals surface area contributed by atoms with Crippen LogP contribution in [0.5, 0.6) is 0 Å². The largest absolute Gasteiger partial charge is 0.368 e. The van der Waals surface area contributed by atoms with Crippen LogP contribution >= 0.6 is 0 Å². The molecule has 0 saturated carbocycles. The number of fused-ring (bicyclic) bond motifs is 1. The molecule has 0 aliphatic carbocycles. The maximum absolute atomic E-state index is 13.5. The molecular formula is C20H19F2N3O. The minimum absolute atomic E-state index is 0.0190. The number of anilines is 1. The van der Waals surface area contributed by atoms with Gasteiger partial charge < -0.3 is 14.4 Å². The molecule has 1 aromatic heterocycles. The fourth-order valence-corrected chi connectivity index (χ4v) is 3.41. The van der Waals surface area contributed by atoms with E-state index in [0.29, 0.717) is 26.2 Å². The van der Waals surface area contributed by atoms with E-state index < -0.39 is 0 Å². The molecule has 3 aromatic rings. The zero-order chi connectivity index (χ0) is 18.1. The lowest BCUT2D eigenvalue weighted by molar-refractivity contribution is -0.132. The number of carbonyl (C=O) groups is 1. The molecule has 2 aromatic carbocycles. The summed E-state index contributed by atoms with van der Waals surface area (Å²) >= 11 is 0. The maximum atomic E-state index is 13.5. The molecule has 26 heavy (non-hydrogen) atoms. The molecule has 1 amide bonds. The minimum Gasteiger partial charge on any atom is -0.368 e. The van der Waals surface area contributed by atoms with Crippen molar-refractivity contribution < 1.29 is 13.6 Å². The summed E-state index contributed by atoms with van der Waals surface area (Å²) in [5, 5.41) is 0.917. The first kappa shape index (κ1) is 16.6. The summed E-state index contributed by atoms with van der Waals surface area (Å²) in [5.74, 6) is -0.540. The third-order valence-electron chi connectivity index (χ3n) is 4.87. The van der Waals surface area contributed by atoms with Crippen molar-refractivity contribution in [2.45, 2.75) is 6.54 Å².